The Balaban J connectivity index is 1.72. The Labute approximate surface area is 115 Å². The summed E-state index contributed by atoms with van der Waals surface area (Å²) < 4.78 is 14.3. The molecule has 1 saturated heterocycles. The number of anilines is 1. The van der Waals surface area contributed by atoms with Gasteiger partial charge in [-0.1, -0.05) is 6.07 Å². The lowest BCUT2D eigenvalue weighted by molar-refractivity contribution is 0.546. The monoisotopic (exact) mass is 262 g/mol. The summed E-state index contributed by atoms with van der Waals surface area (Å²) in [6.07, 6.45) is 6.16. The molecule has 0 amide bonds. The lowest BCUT2D eigenvalue weighted by Crippen LogP contribution is -2.30. The van der Waals surface area contributed by atoms with Crippen LogP contribution in [0, 0.1) is 5.82 Å². The van der Waals surface area contributed by atoms with E-state index in [4.69, 9.17) is 0 Å². The van der Waals surface area contributed by atoms with Crippen molar-refractivity contribution >= 4 is 5.69 Å². The van der Waals surface area contributed by atoms with Gasteiger partial charge in [-0.3, -0.25) is 0 Å². The van der Waals surface area contributed by atoms with Crippen molar-refractivity contribution in [3.8, 4) is 0 Å². The number of rotatable bonds is 4. The van der Waals surface area contributed by atoms with Gasteiger partial charge in [0.15, 0.2) is 0 Å². The molecule has 0 spiro atoms. The van der Waals surface area contributed by atoms with E-state index in [0.29, 0.717) is 6.04 Å². The van der Waals surface area contributed by atoms with Gasteiger partial charge in [0.1, 0.15) is 5.82 Å². The molecule has 1 aromatic rings. The normalized spacial score (nSPS) is 21.5. The molecule has 1 heterocycles. The van der Waals surface area contributed by atoms with Crippen molar-refractivity contribution in [1.29, 1.82) is 0 Å². The van der Waals surface area contributed by atoms with Crippen molar-refractivity contribution in [2.24, 2.45) is 0 Å². The van der Waals surface area contributed by atoms with E-state index < -0.39 is 0 Å². The van der Waals surface area contributed by atoms with Crippen LogP contribution in [0.2, 0.25) is 0 Å². The van der Waals surface area contributed by atoms with Crippen molar-refractivity contribution in [2.75, 3.05) is 18.0 Å². The fourth-order valence-electron chi connectivity index (χ4n) is 2.88. The fraction of sp³-hybridized carbons (Fsp3) is 0.625. The maximum absolute atomic E-state index is 14.3. The largest absolute Gasteiger partial charge is 0.369 e. The molecule has 1 aliphatic carbocycles. The molecule has 2 aliphatic rings. The molecule has 1 aliphatic heterocycles. The third kappa shape index (κ3) is 3.08. The topological polar surface area (TPSA) is 15.3 Å². The minimum absolute atomic E-state index is 0.0659. The average molecular weight is 262 g/mol. The molecule has 1 N–H and O–H groups in total. The standard InChI is InChI=1S/C16H23FN2/c1-12(18-14-6-7-14)13-5-8-16(15(17)11-13)19-9-3-2-4-10-19/h5,8,11-12,14,18H,2-4,6-7,9-10H2,1H3/t12-/m1/s1. The van der Waals surface area contributed by atoms with Crippen molar-refractivity contribution in [3.05, 3.63) is 29.6 Å². The summed E-state index contributed by atoms with van der Waals surface area (Å²) in [7, 11) is 0. The highest BCUT2D eigenvalue weighted by Gasteiger charge is 2.24. The molecule has 104 valence electrons. The molecule has 3 heteroatoms. The van der Waals surface area contributed by atoms with Crippen LogP contribution in [0.15, 0.2) is 18.2 Å². The Morgan fingerprint density at radius 1 is 1.21 bits per heavy atom. The third-order valence-corrected chi connectivity index (χ3v) is 4.23. The SMILES string of the molecule is C[C@@H](NC1CC1)c1ccc(N2CCCCC2)c(F)c1. The van der Waals surface area contributed by atoms with Crippen LogP contribution < -0.4 is 10.2 Å². The molecule has 1 saturated carbocycles. The van der Waals surface area contributed by atoms with Gasteiger partial charge in [-0.25, -0.2) is 4.39 Å². The molecule has 1 aromatic carbocycles. The lowest BCUT2D eigenvalue weighted by atomic mass is 10.1. The summed E-state index contributed by atoms with van der Waals surface area (Å²) in [5, 5.41) is 3.52. The molecule has 0 bridgehead atoms. The zero-order chi connectivity index (χ0) is 13.2. The second kappa shape index (κ2) is 5.49. The minimum atomic E-state index is -0.0659. The summed E-state index contributed by atoms with van der Waals surface area (Å²) in [4.78, 5) is 2.18. The quantitative estimate of drug-likeness (QED) is 0.891. The van der Waals surface area contributed by atoms with E-state index >= 15 is 0 Å². The molecule has 0 unspecified atom stereocenters. The maximum atomic E-state index is 14.3. The summed E-state index contributed by atoms with van der Waals surface area (Å²) in [6.45, 7) is 4.10. The minimum Gasteiger partial charge on any atom is -0.369 e. The predicted octanol–water partition coefficient (Wildman–Crippen LogP) is 3.63. The molecule has 1 atom stereocenters. The van der Waals surface area contributed by atoms with E-state index in [1.165, 1.54) is 32.1 Å². The first-order valence-electron chi connectivity index (χ1n) is 7.54. The van der Waals surface area contributed by atoms with Crippen LogP contribution >= 0.6 is 0 Å². The first-order valence-corrected chi connectivity index (χ1v) is 7.54. The van der Waals surface area contributed by atoms with E-state index in [9.17, 15) is 4.39 Å². The number of benzene rings is 1. The highest BCUT2D eigenvalue weighted by molar-refractivity contribution is 5.49. The van der Waals surface area contributed by atoms with Gasteiger partial charge in [0.05, 0.1) is 5.69 Å². The van der Waals surface area contributed by atoms with Gasteiger partial charge >= 0.3 is 0 Å². The summed E-state index contributed by atoms with van der Waals surface area (Å²) in [5.74, 6) is -0.0659. The summed E-state index contributed by atoms with van der Waals surface area (Å²) in [6, 6.07) is 6.65. The van der Waals surface area contributed by atoms with E-state index in [1.54, 1.807) is 6.07 Å². The number of nitrogens with zero attached hydrogens (tertiary/aromatic N) is 1. The first-order chi connectivity index (χ1) is 9.24. The number of hydrogen-bond donors (Lipinski definition) is 1. The van der Waals surface area contributed by atoms with Gasteiger partial charge in [-0.2, -0.15) is 0 Å². The van der Waals surface area contributed by atoms with E-state index in [0.717, 1.165) is 24.3 Å². The lowest BCUT2D eigenvalue weighted by Gasteiger charge is -2.29. The molecule has 0 radical (unpaired) electrons. The second-order valence-electron chi connectivity index (χ2n) is 5.92. The van der Waals surface area contributed by atoms with E-state index in [-0.39, 0.29) is 11.9 Å². The van der Waals surface area contributed by atoms with Crippen molar-refractivity contribution in [3.63, 3.8) is 0 Å². The van der Waals surface area contributed by atoms with E-state index in [2.05, 4.69) is 23.2 Å². The molecule has 2 fully saturated rings. The van der Waals surface area contributed by atoms with Crippen LogP contribution in [0.4, 0.5) is 10.1 Å². The number of piperidine rings is 1. The molecule has 0 aromatic heterocycles. The smallest absolute Gasteiger partial charge is 0.146 e. The van der Waals surface area contributed by atoms with Crippen LogP contribution in [0.5, 0.6) is 0 Å². The van der Waals surface area contributed by atoms with Gasteiger partial charge in [-0.15, -0.1) is 0 Å². The van der Waals surface area contributed by atoms with Gasteiger partial charge in [0.25, 0.3) is 0 Å². The molecular weight excluding hydrogens is 239 g/mol. The Hall–Kier alpha value is -1.09. The highest BCUT2D eigenvalue weighted by Crippen LogP contribution is 2.28. The summed E-state index contributed by atoms with van der Waals surface area (Å²) >= 11 is 0. The third-order valence-electron chi connectivity index (χ3n) is 4.23. The van der Waals surface area contributed by atoms with Crippen molar-refractivity contribution in [1.82, 2.24) is 5.32 Å². The van der Waals surface area contributed by atoms with Gasteiger partial charge in [0.2, 0.25) is 0 Å². The van der Waals surface area contributed by atoms with Crippen molar-refractivity contribution in [2.45, 2.75) is 51.1 Å². The second-order valence-corrected chi connectivity index (χ2v) is 5.92. The van der Waals surface area contributed by atoms with Crippen LogP contribution in [0.25, 0.3) is 0 Å². The number of hydrogen-bond acceptors (Lipinski definition) is 2. The zero-order valence-corrected chi connectivity index (χ0v) is 11.7. The van der Waals surface area contributed by atoms with Crippen molar-refractivity contribution < 1.29 is 4.39 Å². The molecular formula is C16H23FN2. The molecule has 19 heavy (non-hydrogen) atoms. The van der Waals surface area contributed by atoms with E-state index in [1.807, 2.05) is 6.07 Å². The van der Waals surface area contributed by atoms with Gasteiger partial charge in [0, 0.05) is 25.2 Å². The Kier molecular flexibility index (Phi) is 3.74. The predicted molar refractivity (Wildman–Crippen MR) is 77.0 cm³/mol. The Morgan fingerprint density at radius 2 is 1.95 bits per heavy atom. The Morgan fingerprint density at radius 3 is 2.58 bits per heavy atom. The Bertz CT molecular complexity index is 436. The first kappa shape index (κ1) is 12.9. The highest BCUT2D eigenvalue weighted by atomic mass is 19.1. The van der Waals surface area contributed by atoms with Crippen LogP contribution in [0.3, 0.4) is 0 Å². The number of nitrogens with one attached hydrogen (secondary N) is 1. The van der Waals surface area contributed by atoms with Crippen LogP contribution in [-0.4, -0.2) is 19.1 Å². The maximum Gasteiger partial charge on any atom is 0.146 e. The van der Waals surface area contributed by atoms with Crippen LogP contribution in [-0.2, 0) is 0 Å². The fourth-order valence-corrected chi connectivity index (χ4v) is 2.88. The average Bonchev–Trinajstić information content (AvgIpc) is 3.23. The number of halogens is 1. The van der Waals surface area contributed by atoms with Gasteiger partial charge < -0.3 is 10.2 Å². The van der Waals surface area contributed by atoms with Crippen LogP contribution in [0.1, 0.15) is 50.6 Å². The molecule has 3 rings (SSSR count). The zero-order valence-electron chi connectivity index (χ0n) is 11.7. The molecule has 2 nitrogen and oxygen atoms in total. The summed E-state index contributed by atoms with van der Waals surface area (Å²) in [5.41, 5.74) is 1.84. The van der Waals surface area contributed by atoms with Gasteiger partial charge in [-0.05, 0) is 56.7 Å².